The Kier molecular flexibility index (Phi) is 8.31. The molecule has 1 N–H and O–H groups in total. The van der Waals surface area contributed by atoms with Crippen LogP contribution < -0.4 is 5.32 Å². The number of halogens is 1. The van der Waals surface area contributed by atoms with Gasteiger partial charge >= 0.3 is 0 Å². The van der Waals surface area contributed by atoms with E-state index >= 15 is 0 Å². The summed E-state index contributed by atoms with van der Waals surface area (Å²) in [7, 11) is 0. The minimum atomic E-state index is -0.337. The highest BCUT2D eigenvalue weighted by Gasteiger charge is 2.26. The molecule has 30 heavy (non-hydrogen) atoms. The summed E-state index contributed by atoms with van der Waals surface area (Å²) in [5.74, 6) is 0.147. The Morgan fingerprint density at radius 2 is 1.60 bits per heavy atom. The maximum absolute atomic E-state index is 12.2. The van der Waals surface area contributed by atoms with Crippen LogP contribution in [0.3, 0.4) is 0 Å². The number of piperazine rings is 1. The Hall–Kier alpha value is -2.81. The normalized spacial score (nSPS) is 15.1. The largest absolute Gasteiger partial charge is 0.374 e. The number of hydrogen-bond donors (Lipinski definition) is 1. The quantitative estimate of drug-likeness (QED) is 0.306. The maximum atomic E-state index is 12.2. The third kappa shape index (κ3) is 5.85. The number of carbonyl (C=O) groups excluding carboxylic acids is 1. The number of benzene rings is 2. The molecule has 1 aliphatic rings. The first-order chi connectivity index (χ1) is 14.7. The average Bonchev–Trinajstić information content (AvgIpc) is 2.80. The lowest BCUT2D eigenvalue weighted by molar-refractivity contribution is -0.117. The van der Waals surface area contributed by atoms with E-state index in [0.717, 1.165) is 26.2 Å². The summed E-state index contributed by atoms with van der Waals surface area (Å²) < 4.78 is 0. The van der Waals surface area contributed by atoms with Crippen LogP contribution in [0.5, 0.6) is 0 Å². The van der Waals surface area contributed by atoms with Crippen molar-refractivity contribution in [2.75, 3.05) is 38.6 Å². The van der Waals surface area contributed by atoms with E-state index in [1.807, 2.05) is 18.2 Å². The molecule has 0 unspecified atom stereocenters. The molecular weight excluding hydrogens is 396 g/mol. The zero-order valence-electron chi connectivity index (χ0n) is 17.0. The second-order valence-electron chi connectivity index (χ2n) is 7.25. The van der Waals surface area contributed by atoms with E-state index in [2.05, 4.69) is 63.6 Å². The summed E-state index contributed by atoms with van der Waals surface area (Å²) in [6.45, 7) is 3.69. The molecule has 1 fully saturated rings. The number of nitrogens with zero attached hydrogens (tertiary/aromatic N) is 3. The minimum Gasteiger partial charge on any atom is -0.374 e. The van der Waals surface area contributed by atoms with Crippen molar-refractivity contribution in [3.8, 4) is 6.07 Å². The fraction of sp³-hybridized carbons (Fsp3) is 0.333. The van der Waals surface area contributed by atoms with Crippen molar-refractivity contribution < 1.29 is 4.79 Å². The smallest absolute Gasteiger partial charge is 0.263 e. The monoisotopic (exact) mass is 422 g/mol. The Morgan fingerprint density at radius 3 is 2.10 bits per heavy atom. The van der Waals surface area contributed by atoms with Crippen LogP contribution in [0, 0.1) is 11.3 Å². The van der Waals surface area contributed by atoms with Gasteiger partial charge in [0, 0.05) is 44.8 Å². The van der Waals surface area contributed by atoms with Crippen molar-refractivity contribution in [3.63, 3.8) is 0 Å². The fourth-order valence-corrected chi connectivity index (χ4v) is 3.83. The van der Waals surface area contributed by atoms with Crippen LogP contribution >= 0.6 is 11.6 Å². The minimum absolute atomic E-state index is 0.140. The molecule has 3 rings (SSSR count). The maximum Gasteiger partial charge on any atom is 0.263 e. The molecule has 0 radical (unpaired) electrons. The van der Waals surface area contributed by atoms with E-state index in [0.29, 0.717) is 18.8 Å². The molecule has 1 amide bonds. The number of alkyl halides is 1. The van der Waals surface area contributed by atoms with Crippen molar-refractivity contribution in [2.24, 2.45) is 0 Å². The van der Waals surface area contributed by atoms with E-state index in [-0.39, 0.29) is 17.5 Å². The van der Waals surface area contributed by atoms with Crippen molar-refractivity contribution in [1.29, 1.82) is 5.26 Å². The van der Waals surface area contributed by atoms with Crippen LogP contribution in [0.25, 0.3) is 0 Å². The van der Waals surface area contributed by atoms with Gasteiger partial charge in [-0.15, -0.1) is 11.6 Å². The van der Waals surface area contributed by atoms with Gasteiger partial charge in [-0.1, -0.05) is 60.7 Å². The van der Waals surface area contributed by atoms with Crippen molar-refractivity contribution >= 4 is 17.5 Å². The van der Waals surface area contributed by atoms with Crippen LogP contribution in [0.15, 0.2) is 72.4 Å². The van der Waals surface area contributed by atoms with E-state index in [4.69, 9.17) is 11.6 Å². The number of hydrogen-bond acceptors (Lipinski definition) is 4. The number of amides is 1. The molecule has 6 heteroatoms. The Balaban J connectivity index is 1.68. The Bertz CT molecular complexity index is 832. The zero-order valence-corrected chi connectivity index (χ0v) is 17.8. The first kappa shape index (κ1) is 21.9. The molecule has 0 spiro atoms. The van der Waals surface area contributed by atoms with Crippen LogP contribution in [-0.4, -0.2) is 54.3 Å². The van der Waals surface area contributed by atoms with Gasteiger partial charge in [-0.2, -0.15) is 5.26 Å². The Morgan fingerprint density at radius 1 is 1.03 bits per heavy atom. The number of nitriles is 1. The number of nitrogens with one attached hydrogen (secondary N) is 1. The highest BCUT2D eigenvalue weighted by Crippen LogP contribution is 2.29. The summed E-state index contributed by atoms with van der Waals surface area (Å²) in [6.07, 6.45) is 2.37. The first-order valence-electron chi connectivity index (χ1n) is 10.3. The van der Waals surface area contributed by atoms with Gasteiger partial charge in [-0.25, -0.2) is 0 Å². The molecule has 0 saturated carbocycles. The molecule has 1 heterocycles. The molecule has 0 bridgehead atoms. The lowest BCUT2D eigenvalue weighted by Crippen LogP contribution is -2.46. The highest BCUT2D eigenvalue weighted by molar-refractivity contribution is 6.17. The molecular formula is C24H27ClN4O. The van der Waals surface area contributed by atoms with E-state index in [1.165, 1.54) is 11.1 Å². The molecule has 2 aromatic carbocycles. The van der Waals surface area contributed by atoms with Gasteiger partial charge < -0.3 is 10.2 Å². The molecule has 2 aromatic rings. The van der Waals surface area contributed by atoms with Gasteiger partial charge in [0.1, 0.15) is 11.6 Å². The van der Waals surface area contributed by atoms with Crippen LogP contribution in [0.4, 0.5) is 0 Å². The molecule has 1 saturated heterocycles. The van der Waals surface area contributed by atoms with Gasteiger partial charge in [-0.3, -0.25) is 9.69 Å². The van der Waals surface area contributed by atoms with Gasteiger partial charge in [0.05, 0.1) is 6.04 Å². The summed E-state index contributed by atoms with van der Waals surface area (Å²) >= 11 is 5.64. The lowest BCUT2D eigenvalue weighted by Gasteiger charge is -2.39. The SMILES string of the molecule is N#C/C(=C/N1CCN(C(c2ccccc2)c2ccccc2)CC1)C(=O)NCCCCl. The highest BCUT2D eigenvalue weighted by atomic mass is 35.5. The third-order valence-corrected chi connectivity index (χ3v) is 5.48. The van der Waals surface area contributed by atoms with Crippen molar-refractivity contribution in [1.82, 2.24) is 15.1 Å². The number of rotatable bonds is 8. The number of carbonyl (C=O) groups is 1. The average molecular weight is 423 g/mol. The second-order valence-corrected chi connectivity index (χ2v) is 7.63. The van der Waals surface area contributed by atoms with Crippen LogP contribution in [0.2, 0.25) is 0 Å². The third-order valence-electron chi connectivity index (χ3n) is 5.22. The predicted molar refractivity (Wildman–Crippen MR) is 120 cm³/mol. The van der Waals surface area contributed by atoms with E-state index in [1.54, 1.807) is 6.20 Å². The van der Waals surface area contributed by atoms with E-state index in [9.17, 15) is 10.1 Å². The lowest BCUT2D eigenvalue weighted by atomic mass is 9.96. The van der Waals surface area contributed by atoms with Crippen LogP contribution in [0.1, 0.15) is 23.6 Å². The van der Waals surface area contributed by atoms with Crippen molar-refractivity contribution in [3.05, 3.63) is 83.6 Å². The molecule has 0 aliphatic carbocycles. The molecule has 156 valence electrons. The van der Waals surface area contributed by atoms with E-state index < -0.39 is 0 Å². The van der Waals surface area contributed by atoms with Crippen LogP contribution in [-0.2, 0) is 4.79 Å². The fourth-order valence-electron chi connectivity index (χ4n) is 3.69. The molecule has 1 aliphatic heterocycles. The van der Waals surface area contributed by atoms with Gasteiger partial charge in [0.25, 0.3) is 5.91 Å². The molecule has 0 aromatic heterocycles. The predicted octanol–water partition coefficient (Wildman–Crippen LogP) is 3.55. The standard InChI is InChI=1S/C24H27ClN4O/c25-12-7-13-27-24(30)22(18-26)19-28-14-16-29(17-15-28)23(20-8-3-1-4-9-20)21-10-5-2-6-11-21/h1-6,8-11,19,23H,7,12-17H2,(H,27,30)/b22-19-. The van der Waals surface area contributed by atoms with Gasteiger partial charge in [0.2, 0.25) is 0 Å². The van der Waals surface area contributed by atoms with Gasteiger partial charge in [-0.05, 0) is 17.5 Å². The van der Waals surface area contributed by atoms with Gasteiger partial charge in [0.15, 0.2) is 0 Å². The summed E-state index contributed by atoms with van der Waals surface area (Å²) in [5.41, 5.74) is 2.67. The summed E-state index contributed by atoms with van der Waals surface area (Å²) in [5, 5.41) is 12.1. The molecule has 5 nitrogen and oxygen atoms in total. The molecule has 0 atom stereocenters. The Labute approximate surface area is 183 Å². The first-order valence-corrected chi connectivity index (χ1v) is 10.8. The summed E-state index contributed by atoms with van der Waals surface area (Å²) in [4.78, 5) is 16.7. The second kappa shape index (κ2) is 11.4. The zero-order chi connectivity index (χ0) is 21.2. The summed E-state index contributed by atoms with van der Waals surface area (Å²) in [6, 6.07) is 23.3. The topological polar surface area (TPSA) is 59.4 Å². The van der Waals surface area contributed by atoms with Crippen molar-refractivity contribution in [2.45, 2.75) is 12.5 Å².